The quantitative estimate of drug-likeness (QED) is 0.722. The van der Waals surface area contributed by atoms with Gasteiger partial charge in [-0.05, 0) is 7.05 Å². The molecule has 3 rings (SSSR count). The molecule has 21 heavy (non-hydrogen) atoms. The highest BCUT2D eigenvalue weighted by atomic mass is 16.5. The molecule has 2 amide bonds. The van der Waals surface area contributed by atoms with Gasteiger partial charge < -0.3 is 19.2 Å². The summed E-state index contributed by atoms with van der Waals surface area (Å²) in [6, 6.07) is 0.266. The third-order valence-electron chi connectivity index (χ3n) is 4.16. The first kappa shape index (κ1) is 14.0. The van der Waals surface area contributed by atoms with Crippen LogP contribution in [0.3, 0.4) is 0 Å². The summed E-state index contributed by atoms with van der Waals surface area (Å²) in [5.74, 6) is 0.246. The van der Waals surface area contributed by atoms with Crippen molar-refractivity contribution >= 4 is 11.8 Å². The van der Waals surface area contributed by atoms with Crippen LogP contribution in [0.2, 0.25) is 0 Å². The smallest absolute Gasteiger partial charge is 0.228 e. The minimum Gasteiger partial charge on any atom is -0.343 e. The number of rotatable bonds is 4. The Bertz CT molecular complexity index is 526. The maximum Gasteiger partial charge on any atom is 0.228 e. The molecule has 2 aliphatic rings. The first-order chi connectivity index (χ1) is 10.0. The molecular formula is C13H19N5O3. The Balaban J connectivity index is 1.57. The van der Waals surface area contributed by atoms with Gasteiger partial charge in [0.15, 0.2) is 5.82 Å². The van der Waals surface area contributed by atoms with Crippen molar-refractivity contribution in [2.45, 2.75) is 19.0 Å². The van der Waals surface area contributed by atoms with E-state index < -0.39 is 0 Å². The molecule has 1 aromatic rings. The van der Waals surface area contributed by atoms with Gasteiger partial charge >= 0.3 is 0 Å². The fourth-order valence-corrected chi connectivity index (χ4v) is 2.98. The SMILES string of the molecule is CN1CC(N2CC(C(=O)N(C)Cc3ncon3)CC2=O)C1. The number of carbonyl (C=O) groups is 2. The Labute approximate surface area is 122 Å². The highest BCUT2D eigenvalue weighted by molar-refractivity contribution is 5.89. The van der Waals surface area contributed by atoms with E-state index in [1.54, 1.807) is 11.9 Å². The molecule has 0 spiro atoms. The maximum absolute atomic E-state index is 12.4. The fraction of sp³-hybridized carbons (Fsp3) is 0.692. The van der Waals surface area contributed by atoms with Crippen molar-refractivity contribution in [3.05, 3.63) is 12.2 Å². The summed E-state index contributed by atoms with van der Waals surface area (Å²) in [5, 5.41) is 3.69. The molecule has 0 saturated carbocycles. The average Bonchev–Trinajstić information content (AvgIpc) is 3.04. The van der Waals surface area contributed by atoms with Crippen molar-refractivity contribution in [3.8, 4) is 0 Å². The van der Waals surface area contributed by atoms with Crippen LogP contribution in [0.4, 0.5) is 0 Å². The monoisotopic (exact) mass is 293 g/mol. The summed E-state index contributed by atoms with van der Waals surface area (Å²) in [6.07, 6.45) is 1.54. The van der Waals surface area contributed by atoms with E-state index in [4.69, 9.17) is 0 Å². The Kier molecular flexibility index (Phi) is 3.62. The van der Waals surface area contributed by atoms with E-state index in [2.05, 4.69) is 19.6 Å². The number of carbonyl (C=O) groups excluding carboxylic acids is 2. The normalized spacial score (nSPS) is 23.4. The average molecular weight is 293 g/mol. The van der Waals surface area contributed by atoms with Crippen molar-refractivity contribution in [2.75, 3.05) is 33.7 Å². The summed E-state index contributed by atoms with van der Waals surface area (Å²) in [6.45, 7) is 2.61. The predicted molar refractivity (Wildman–Crippen MR) is 71.9 cm³/mol. The van der Waals surface area contributed by atoms with Crippen LogP contribution in [0.1, 0.15) is 12.2 Å². The number of aromatic nitrogens is 2. The van der Waals surface area contributed by atoms with E-state index in [1.165, 1.54) is 6.39 Å². The summed E-state index contributed by atoms with van der Waals surface area (Å²) in [4.78, 5) is 33.9. The van der Waals surface area contributed by atoms with Gasteiger partial charge in [0.25, 0.3) is 0 Å². The minimum atomic E-state index is -0.264. The number of nitrogens with zero attached hydrogens (tertiary/aromatic N) is 5. The molecule has 1 unspecified atom stereocenters. The van der Waals surface area contributed by atoms with Crippen LogP contribution < -0.4 is 0 Å². The van der Waals surface area contributed by atoms with Gasteiger partial charge in [-0.15, -0.1) is 0 Å². The molecule has 0 aromatic carbocycles. The second kappa shape index (κ2) is 5.44. The minimum absolute atomic E-state index is 0.0386. The number of hydrogen-bond acceptors (Lipinski definition) is 6. The molecule has 0 bridgehead atoms. The predicted octanol–water partition coefficient (Wildman–Crippen LogP) is -0.809. The van der Waals surface area contributed by atoms with E-state index >= 15 is 0 Å². The van der Waals surface area contributed by atoms with E-state index in [9.17, 15) is 9.59 Å². The van der Waals surface area contributed by atoms with Crippen LogP contribution >= 0.6 is 0 Å². The third kappa shape index (κ3) is 2.76. The zero-order chi connectivity index (χ0) is 15.0. The van der Waals surface area contributed by atoms with Crippen molar-refractivity contribution in [2.24, 2.45) is 5.92 Å². The second-order valence-electron chi connectivity index (χ2n) is 5.86. The van der Waals surface area contributed by atoms with E-state index in [-0.39, 0.29) is 23.8 Å². The largest absolute Gasteiger partial charge is 0.343 e. The highest BCUT2D eigenvalue weighted by Crippen LogP contribution is 2.25. The third-order valence-corrected chi connectivity index (χ3v) is 4.16. The van der Waals surface area contributed by atoms with Gasteiger partial charge in [0, 0.05) is 33.1 Å². The van der Waals surface area contributed by atoms with Gasteiger partial charge in [-0.3, -0.25) is 9.59 Å². The topological polar surface area (TPSA) is 82.8 Å². The van der Waals surface area contributed by atoms with Gasteiger partial charge in [-0.2, -0.15) is 4.98 Å². The molecule has 0 aliphatic carbocycles. The van der Waals surface area contributed by atoms with Gasteiger partial charge in [0.1, 0.15) is 0 Å². The van der Waals surface area contributed by atoms with Crippen LogP contribution in [0, 0.1) is 5.92 Å². The van der Waals surface area contributed by atoms with Crippen LogP contribution in [0.5, 0.6) is 0 Å². The molecule has 8 nitrogen and oxygen atoms in total. The Morgan fingerprint density at radius 3 is 2.86 bits per heavy atom. The Morgan fingerprint density at radius 1 is 1.48 bits per heavy atom. The number of amides is 2. The van der Waals surface area contributed by atoms with Crippen molar-refractivity contribution in [1.82, 2.24) is 24.8 Å². The number of likely N-dealkylation sites (tertiary alicyclic amines) is 2. The second-order valence-corrected chi connectivity index (χ2v) is 5.86. The highest BCUT2D eigenvalue weighted by Gasteiger charge is 2.41. The van der Waals surface area contributed by atoms with Crippen LogP contribution in [-0.4, -0.2) is 76.4 Å². The molecular weight excluding hydrogens is 274 g/mol. The summed E-state index contributed by atoms with van der Waals surface area (Å²) in [7, 11) is 3.72. The lowest BCUT2D eigenvalue weighted by atomic mass is 10.1. The molecule has 2 aliphatic heterocycles. The molecule has 2 saturated heterocycles. The zero-order valence-electron chi connectivity index (χ0n) is 12.2. The lowest BCUT2D eigenvalue weighted by Crippen LogP contribution is -2.58. The van der Waals surface area contributed by atoms with E-state index in [0.29, 0.717) is 25.3 Å². The van der Waals surface area contributed by atoms with Gasteiger partial charge in [-0.1, -0.05) is 5.16 Å². The van der Waals surface area contributed by atoms with Gasteiger partial charge in [0.05, 0.1) is 18.5 Å². The van der Waals surface area contributed by atoms with Crippen molar-refractivity contribution in [1.29, 1.82) is 0 Å². The standard InChI is InChI=1S/C13H19N5O3/c1-16-5-10(6-16)18-4-9(3-12(18)19)13(20)17(2)7-11-14-8-21-15-11/h8-10H,3-7H2,1-2H3. The van der Waals surface area contributed by atoms with Crippen LogP contribution in [0.25, 0.3) is 0 Å². The van der Waals surface area contributed by atoms with Crippen LogP contribution in [-0.2, 0) is 16.1 Å². The first-order valence-corrected chi connectivity index (χ1v) is 7.03. The van der Waals surface area contributed by atoms with Crippen molar-refractivity contribution < 1.29 is 14.1 Å². The molecule has 3 heterocycles. The lowest BCUT2D eigenvalue weighted by molar-refractivity contribution is -0.135. The van der Waals surface area contributed by atoms with E-state index in [1.807, 2.05) is 11.9 Å². The lowest BCUT2D eigenvalue weighted by Gasteiger charge is -2.42. The van der Waals surface area contributed by atoms with Gasteiger partial charge in [-0.25, -0.2) is 0 Å². The molecule has 0 radical (unpaired) electrons. The Morgan fingerprint density at radius 2 is 2.24 bits per heavy atom. The maximum atomic E-state index is 12.4. The molecule has 0 N–H and O–H groups in total. The molecule has 1 atom stereocenters. The summed E-state index contributed by atoms with van der Waals surface area (Å²) >= 11 is 0. The first-order valence-electron chi connectivity index (χ1n) is 7.03. The zero-order valence-corrected chi connectivity index (χ0v) is 12.2. The molecule has 2 fully saturated rings. The fourth-order valence-electron chi connectivity index (χ4n) is 2.98. The van der Waals surface area contributed by atoms with Crippen molar-refractivity contribution in [3.63, 3.8) is 0 Å². The molecule has 114 valence electrons. The summed E-state index contributed by atoms with van der Waals surface area (Å²) in [5.41, 5.74) is 0. The Hall–Kier alpha value is -1.96. The molecule has 1 aromatic heterocycles. The van der Waals surface area contributed by atoms with Crippen LogP contribution in [0.15, 0.2) is 10.9 Å². The van der Waals surface area contributed by atoms with Gasteiger partial charge in [0.2, 0.25) is 18.2 Å². The molecule has 8 heteroatoms. The number of likely N-dealkylation sites (N-methyl/N-ethyl adjacent to an activating group) is 1. The van der Waals surface area contributed by atoms with E-state index in [0.717, 1.165) is 13.1 Å². The number of hydrogen-bond donors (Lipinski definition) is 0. The summed E-state index contributed by atoms with van der Waals surface area (Å²) < 4.78 is 4.65.